The number of carbonyl (C=O) groups is 2. The summed E-state index contributed by atoms with van der Waals surface area (Å²) in [5.74, 6) is 0.317. The second-order valence-electron chi connectivity index (χ2n) is 10.3. The number of carboxylic acid groups (broad SMARTS) is 1. The Morgan fingerprint density at radius 1 is 1.12 bits per heavy atom. The Hall–Kier alpha value is -2.32. The molecule has 8 nitrogen and oxygen atoms in total. The molecule has 1 aromatic carbocycles. The van der Waals surface area contributed by atoms with E-state index in [0.29, 0.717) is 12.5 Å². The van der Waals surface area contributed by atoms with Crippen molar-refractivity contribution in [3.05, 3.63) is 29.8 Å². The van der Waals surface area contributed by atoms with Gasteiger partial charge >= 0.3 is 12.1 Å². The Labute approximate surface area is 202 Å². The lowest BCUT2D eigenvalue weighted by Crippen LogP contribution is -2.56. The lowest BCUT2D eigenvalue weighted by atomic mass is 9.82. The summed E-state index contributed by atoms with van der Waals surface area (Å²) in [7, 11) is 0. The highest BCUT2D eigenvalue weighted by molar-refractivity contribution is 5.68. The standard InChI is InChI=1S/C26H40N2O6/c1-26(2,3)34-25(31)28-21-8-6-15-27-22(21)17-33-19-12-10-18(11-13-19)20-7-4-5-9-23(20)32-16-14-24(29)30/h4-5,7,9,18-19,21-22,27H,6,8,10-17H2,1-3H3,(H,28,31)(H,29,30)/t18?,19?,21-,22-/m0/s1. The molecular formula is C26H40N2O6. The molecule has 0 aromatic heterocycles. The Kier molecular flexibility index (Phi) is 9.59. The first kappa shape index (κ1) is 26.3. The molecular weight excluding hydrogens is 436 g/mol. The molecule has 1 aromatic rings. The van der Waals surface area contributed by atoms with Crippen molar-refractivity contribution in [3.8, 4) is 5.75 Å². The van der Waals surface area contributed by atoms with Gasteiger partial charge in [-0.2, -0.15) is 0 Å². The minimum Gasteiger partial charge on any atom is -0.493 e. The summed E-state index contributed by atoms with van der Waals surface area (Å²) in [6.45, 7) is 7.25. The van der Waals surface area contributed by atoms with Crippen molar-refractivity contribution in [2.45, 2.75) is 95.4 Å². The molecule has 1 heterocycles. The number of para-hydroxylation sites is 1. The van der Waals surface area contributed by atoms with Gasteiger partial charge in [0.1, 0.15) is 11.4 Å². The van der Waals surface area contributed by atoms with E-state index in [-0.39, 0.29) is 37.3 Å². The van der Waals surface area contributed by atoms with Gasteiger partial charge in [-0.05, 0) is 83.4 Å². The third-order valence-corrected chi connectivity index (χ3v) is 6.40. The minimum absolute atomic E-state index is 0.00485. The molecule has 0 spiro atoms. The fraction of sp³-hybridized carbons (Fsp3) is 0.692. The van der Waals surface area contributed by atoms with E-state index in [0.717, 1.165) is 56.4 Å². The van der Waals surface area contributed by atoms with Gasteiger partial charge in [0.15, 0.2) is 0 Å². The maximum Gasteiger partial charge on any atom is 0.407 e. The first-order valence-corrected chi connectivity index (χ1v) is 12.5. The third kappa shape index (κ3) is 8.47. The molecule has 1 amide bonds. The van der Waals surface area contributed by atoms with Crippen molar-refractivity contribution in [3.63, 3.8) is 0 Å². The second kappa shape index (κ2) is 12.4. The van der Waals surface area contributed by atoms with Gasteiger partial charge in [0.05, 0.1) is 31.8 Å². The molecule has 34 heavy (non-hydrogen) atoms. The average Bonchev–Trinajstić information content (AvgIpc) is 2.78. The molecule has 2 atom stereocenters. The van der Waals surface area contributed by atoms with Crippen LogP contribution in [0.5, 0.6) is 5.75 Å². The maximum atomic E-state index is 12.2. The lowest BCUT2D eigenvalue weighted by molar-refractivity contribution is -0.137. The Morgan fingerprint density at radius 3 is 2.56 bits per heavy atom. The summed E-state index contributed by atoms with van der Waals surface area (Å²) in [5.41, 5.74) is 0.637. The van der Waals surface area contributed by atoms with Crippen LogP contribution in [0.4, 0.5) is 4.79 Å². The number of benzene rings is 1. The summed E-state index contributed by atoms with van der Waals surface area (Å²) in [4.78, 5) is 23.0. The monoisotopic (exact) mass is 476 g/mol. The highest BCUT2D eigenvalue weighted by atomic mass is 16.6. The number of hydrogen-bond acceptors (Lipinski definition) is 6. The SMILES string of the molecule is CC(C)(C)OC(=O)N[C@H]1CCCN[C@H]1COC1CCC(c2ccccc2OCCC(=O)O)CC1. The topological polar surface area (TPSA) is 106 Å². The number of alkyl carbamates (subject to hydrolysis) is 1. The first-order chi connectivity index (χ1) is 16.2. The Morgan fingerprint density at radius 2 is 1.85 bits per heavy atom. The van der Waals surface area contributed by atoms with E-state index in [1.165, 1.54) is 0 Å². The summed E-state index contributed by atoms with van der Waals surface area (Å²) in [6.07, 6.45) is 5.66. The van der Waals surface area contributed by atoms with Crippen molar-refractivity contribution >= 4 is 12.1 Å². The molecule has 0 unspecified atom stereocenters. The van der Waals surface area contributed by atoms with Crippen molar-refractivity contribution in [2.75, 3.05) is 19.8 Å². The van der Waals surface area contributed by atoms with Crippen LogP contribution >= 0.6 is 0 Å². The molecule has 1 aliphatic carbocycles. The molecule has 2 fully saturated rings. The molecule has 0 bridgehead atoms. The minimum atomic E-state index is -0.855. The molecule has 190 valence electrons. The molecule has 1 saturated carbocycles. The van der Waals surface area contributed by atoms with E-state index >= 15 is 0 Å². The van der Waals surface area contributed by atoms with Crippen LogP contribution in [0.25, 0.3) is 0 Å². The van der Waals surface area contributed by atoms with Gasteiger partial charge in [-0.1, -0.05) is 18.2 Å². The van der Waals surface area contributed by atoms with Crippen LogP contribution in [0, 0.1) is 0 Å². The Balaban J connectivity index is 1.46. The fourth-order valence-corrected chi connectivity index (χ4v) is 4.74. The molecule has 8 heteroatoms. The van der Waals surface area contributed by atoms with E-state index in [1.54, 1.807) is 0 Å². The van der Waals surface area contributed by atoms with Crippen LogP contribution in [0.1, 0.15) is 77.2 Å². The van der Waals surface area contributed by atoms with Gasteiger partial charge in [-0.25, -0.2) is 4.79 Å². The summed E-state index contributed by atoms with van der Waals surface area (Å²) < 4.78 is 17.5. The van der Waals surface area contributed by atoms with E-state index in [2.05, 4.69) is 16.7 Å². The molecule has 2 aliphatic rings. The van der Waals surface area contributed by atoms with Crippen LogP contribution in [-0.2, 0) is 14.3 Å². The number of piperidine rings is 1. The van der Waals surface area contributed by atoms with E-state index < -0.39 is 11.6 Å². The van der Waals surface area contributed by atoms with Crippen molar-refractivity contribution in [1.82, 2.24) is 10.6 Å². The van der Waals surface area contributed by atoms with Gasteiger partial charge in [0.2, 0.25) is 0 Å². The third-order valence-electron chi connectivity index (χ3n) is 6.40. The second-order valence-corrected chi connectivity index (χ2v) is 10.3. The summed E-state index contributed by atoms with van der Waals surface area (Å²) >= 11 is 0. The van der Waals surface area contributed by atoms with Gasteiger partial charge < -0.3 is 30.0 Å². The highest BCUT2D eigenvalue weighted by Gasteiger charge is 2.30. The number of amides is 1. The normalized spacial score (nSPS) is 25.4. The maximum absolute atomic E-state index is 12.2. The zero-order chi connectivity index (χ0) is 24.6. The Bertz CT molecular complexity index is 801. The number of rotatable bonds is 9. The smallest absolute Gasteiger partial charge is 0.407 e. The van der Waals surface area contributed by atoms with E-state index in [4.69, 9.17) is 19.3 Å². The largest absolute Gasteiger partial charge is 0.493 e. The quantitative estimate of drug-likeness (QED) is 0.490. The molecule has 1 saturated heterocycles. The molecule has 3 rings (SSSR count). The number of nitrogens with one attached hydrogen (secondary N) is 2. The van der Waals surface area contributed by atoms with Crippen LogP contribution in [0.15, 0.2) is 24.3 Å². The first-order valence-electron chi connectivity index (χ1n) is 12.5. The molecule has 0 radical (unpaired) electrons. The van der Waals surface area contributed by atoms with E-state index in [9.17, 15) is 9.59 Å². The highest BCUT2D eigenvalue weighted by Crippen LogP contribution is 2.38. The van der Waals surface area contributed by atoms with Crippen LogP contribution in [-0.4, -0.2) is 60.7 Å². The van der Waals surface area contributed by atoms with Crippen molar-refractivity contribution < 1.29 is 28.9 Å². The summed E-state index contributed by atoms with van der Waals surface area (Å²) in [5, 5.41) is 15.4. The fourth-order valence-electron chi connectivity index (χ4n) is 4.74. The average molecular weight is 477 g/mol. The summed E-state index contributed by atoms with van der Waals surface area (Å²) in [6, 6.07) is 8.01. The van der Waals surface area contributed by atoms with Gasteiger partial charge in [0.25, 0.3) is 0 Å². The number of aliphatic carboxylic acids is 1. The zero-order valence-corrected chi connectivity index (χ0v) is 20.7. The number of carboxylic acids is 1. The van der Waals surface area contributed by atoms with Crippen molar-refractivity contribution in [1.29, 1.82) is 0 Å². The van der Waals surface area contributed by atoms with E-state index in [1.807, 2.05) is 39.0 Å². The molecule has 3 N–H and O–H groups in total. The lowest BCUT2D eigenvalue weighted by Gasteiger charge is -2.36. The van der Waals surface area contributed by atoms with Crippen LogP contribution < -0.4 is 15.4 Å². The van der Waals surface area contributed by atoms with Crippen LogP contribution in [0.3, 0.4) is 0 Å². The number of hydrogen-bond donors (Lipinski definition) is 3. The number of ether oxygens (including phenoxy) is 3. The molecule has 1 aliphatic heterocycles. The van der Waals surface area contributed by atoms with Crippen molar-refractivity contribution in [2.24, 2.45) is 0 Å². The van der Waals surface area contributed by atoms with Gasteiger partial charge in [-0.3, -0.25) is 4.79 Å². The van der Waals surface area contributed by atoms with Gasteiger partial charge in [-0.15, -0.1) is 0 Å². The predicted molar refractivity (Wildman–Crippen MR) is 129 cm³/mol. The van der Waals surface area contributed by atoms with Gasteiger partial charge in [0, 0.05) is 6.04 Å². The predicted octanol–water partition coefficient (Wildman–Crippen LogP) is 4.23. The number of carbonyl (C=O) groups excluding carboxylic acids is 1. The zero-order valence-electron chi connectivity index (χ0n) is 20.7. The van der Waals surface area contributed by atoms with Crippen LogP contribution in [0.2, 0.25) is 0 Å².